The first-order chi connectivity index (χ1) is 6.79. The van der Waals surface area contributed by atoms with Gasteiger partial charge in [-0.05, 0) is 0 Å². The van der Waals surface area contributed by atoms with Crippen LogP contribution in [0.3, 0.4) is 0 Å². The molecule has 2 rings (SSSR count). The van der Waals surface area contributed by atoms with Crippen molar-refractivity contribution in [3.63, 3.8) is 0 Å². The molecule has 0 fully saturated rings. The van der Waals surface area contributed by atoms with Gasteiger partial charge in [0, 0.05) is 0 Å². The van der Waals surface area contributed by atoms with Crippen LogP contribution in [0.2, 0.25) is 13.1 Å². The van der Waals surface area contributed by atoms with Gasteiger partial charge in [-0.3, -0.25) is 0 Å². The van der Waals surface area contributed by atoms with E-state index in [4.69, 9.17) is 0 Å². The zero-order valence-electron chi connectivity index (χ0n) is 9.77. The molecule has 0 saturated carbocycles. The third kappa shape index (κ3) is 3.75. The Morgan fingerprint density at radius 1 is 0.938 bits per heavy atom. The van der Waals surface area contributed by atoms with E-state index in [1.807, 2.05) is 7.76 Å². The normalized spacial score (nSPS) is 16.7. The van der Waals surface area contributed by atoms with Gasteiger partial charge in [-0.15, -0.1) is 24.8 Å². The molecular formula is C12H19Cl2SiTi. The van der Waals surface area contributed by atoms with Crippen molar-refractivity contribution in [2.75, 3.05) is 0 Å². The molecule has 0 saturated heterocycles. The van der Waals surface area contributed by atoms with E-state index < -0.39 is 23.8 Å². The van der Waals surface area contributed by atoms with E-state index >= 15 is 0 Å². The molecule has 0 aromatic rings. The average molecular weight is 310 g/mol. The van der Waals surface area contributed by atoms with Crippen molar-refractivity contribution >= 4 is 31.5 Å². The molecule has 89 valence electrons. The Balaban J connectivity index is 0.00000112. The van der Waals surface area contributed by atoms with Crippen molar-refractivity contribution in [2.45, 2.75) is 25.9 Å². The van der Waals surface area contributed by atoms with Crippen molar-refractivity contribution in [3.8, 4) is 0 Å². The third-order valence-corrected chi connectivity index (χ3v) is 15.8. The molecule has 2 aliphatic carbocycles. The predicted molar refractivity (Wildman–Crippen MR) is 77.1 cm³/mol. The Kier molecular flexibility index (Phi) is 7.96. The van der Waals surface area contributed by atoms with Crippen LogP contribution in [0, 0.1) is 0 Å². The van der Waals surface area contributed by atoms with E-state index in [1.54, 1.807) is 0 Å². The molecule has 0 atom stereocenters. The van der Waals surface area contributed by atoms with Gasteiger partial charge in [-0.25, -0.2) is 0 Å². The number of halogens is 2. The Hall–Kier alpha value is 0.471. The second-order valence-corrected chi connectivity index (χ2v) is 17.6. The minimum atomic E-state index is -0.972. The summed E-state index contributed by atoms with van der Waals surface area (Å²) in [7, 11) is 0. The molecular weight excluding hydrogens is 291 g/mol. The minimum absolute atomic E-state index is 0. The number of rotatable bonds is 3. The van der Waals surface area contributed by atoms with Crippen LogP contribution in [0.15, 0.2) is 44.2 Å². The number of hydrogen-bond donors (Lipinski definition) is 0. The molecule has 0 radical (unpaired) electrons. The summed E-state index contributed by atoms with van der Waals surface area (Å²) in [6.07, 6.45) is 16.5. The third-order valence-electron chi connectivity index (χ3n) is 2.81. The van der Waals surface area contributed by atoms with Crippen molar-refractivity contribution < 1.29 is 17.1 Å². The van der Waals surface area contributed by atoms with E-state index in [0.717, 1.165) is 0 Å². The smallest absolute Gasteiger partial charge is 0.147 e. The standard InChI is InChI=1S/2C5H5.C2H7Si.2ClH.Ti/c2*1-2-4-5-3-1;1-3-2;;;/h2*1-3H,4H2;3H,1-2H3;2*1H;. The van der Waals surface area contributed by atoms with Crippen molar-refractivity contribution in [1.82, 2.24) is 0 Å². The molecule has 0 bridgehead atoms. The quantitative estimate of drug-likeness (QED) is 0.688. The molecule has 0 aromatic heterocycles. The second kappa shape index (κ2) is 7.73. The molecule has 0 aliphatic heterocycles. The SMILES string of the molecule is C[SiH](C)[Ti]([C]1=CC=CC1)[C]1=CC=CC1.Cl.Cl. The minimum Gasteiger partial charge on any atom is -0.147 e. The predicted octanol–water partition coefficient (Wildman–Crippen LogP) is 4.12. The fourth-order valence-corrected chi connectivity index (χ4v) is 15.0. The van der Waals surface area contributed by atoms with Gasteiger partial charge in [0.25, 0.3) is 0 Å². The number of allylic oxidation sites excluding steroid dienone is 8. The fourth-order valence-electron chi connectivity index (χ4n) is 2.24. The van der Waals surface area contributed by atoms with Crippen LogP contribution in [0.5, 0.6) is 0 Å². The van der Waals surface area contributed by atoms with Crippen LogP contribution in [0.1, 0.15) is 12.8 Å². The van der Waals surface area contributed by atoms with Gasteiger partial charge < -0.3 is 0 Å². The van der Waals surface area contributed by atoms with Gasteiger partial charge in [0.1, 0.15) is 0 Å². The Bertz CT molecular complexity index is 313. The first kappa shape index (κ1) is 16.5. The van der Waals surface area contributed by atoms with E-state index in [-0.39, 0.29) is 24.8 Å². The summed E-state index contributed by atoms with van der Waals surface area (Å²) < 4.78 is 3.64. The Morgan fingerprint density at radius 3 is 1.62 bits per heavy atom. The summed E-state index contributed by atoms with van der Waals surface area (Å²) in [6, 6.07) is 0. The molecule has 0 aromatic carbocycles. The first-order valence-electron chi connectivity index (χ1n) is 5.38. The van der Waals surface area contributed by atoms with Crippen molar-refractivity contribution in [1.29, 1.82) is 0 Å². The fraction of sp³-hybridized carbons (Fsp3) is 0.333. The van der Waals surface area contributed by atoms with Crippen LogP contribution in [0.25, 0.3) is 0 Å². The average Bonchev–Trinajstić information content (AvgIpc) is 2.75. The molecule has 16 heavy (non-hydrogen) atoms. The topological polar surface area (TPSA) is 0 Å². The first-order valence-corrected chi connectivity index (χ1v) is 12.5. The van der Waals surface area contributed by atoms with Crippen LogP contribution in [-0.2, 0) is 17.1 Å². The molecule has 2 aliphatic rings. The molecule has 0 spiro atoms. The molecule has 4 heteroatoms. The van der Waals surface area contributed by atoms with Gasteiger partial charge >= 0.3 is 93.9 Å². The molecule has 0 nitrogen and oxygen atoms in total. The summed E-state index contributed by atoms with van der Waals surface area (Å²) >= 11 is -0.972. The molecule has 0 unspecified atom stereocenters. The molecule has 0 heterocycles. The van der Waals surface area contributed by atoms with E-state index in [2.05, 4.69) is 49.6 Å². The maximum absolute atomic E-state index is 2.54. The van der Waals surface area contributed by atoms with Crippen molar-refractivity contribution in [3.05, 3.63) is 44.2 Å². The van der Waals surface area contributed by atoms with E-state index in [1.165, 1.54) is 12.8 Å². The maximum Gasteiger partial charge on any atom is -0.147 e. The Labute approximate surface area is 118 Å². The van der Waals surface area contributed by atoms with Crippen LogP contribution in [-0.4, -0.2) is 6.66 Å². The monoisotopic (exact) mass is 309 g/mol. The summed E-state index contributed by atoms with van der Waals surface area (Å²) in [4.78, 5) is 0. The van der Waals surface area contributed by atoms with Crippen LogP contribution < -0.4 is 0 Å². The van der Waals surface area contributed by atoms with Crippen molar-refractivity contribution in [2.24, 2.45) is 0 Å². The van der Waals surface area contributed by atoms with Crippen LogP contribution in [0.4, 0.5) is 0 Å². The van der Waals surface area contributed by atoms with E-state index in [0.29, 0.717) is 0 Å². The summed E-state index contributed by atoms with van der Waals surface area (Å²) in [5, 5.41) is 0. The van der Waals surface area contributed by atoms with E-state index in [9.17, 15) is 0 Å². The van der Waals surface area contributed by atoms with Gasteiger partial charge in [0.15, 0.2) is 0 Å². The largest absolute Gasteiger partial charge is 0.147 e. The zero-order chi connectivity index (χ0) is 9.97. The van der Waals surface area contributed by atoms with Crippen LogP contribution >= 0.6 is 24.8 Å². The summed E-state index contributed by atoms with van der Waals surface area (Å²) in [5.74, 6) is 0. The van der Waals surface area contributed by atoms with Gasteiger partial charge in [0.05, 0.1) is 0 Å². The zero-order valence-corrected chi connectivity index (χ0v) is 14.1. The summed E-state index contributed by atoms with van der Waals surface area (Å²) in [5.41, 5.74) is 0. The summed E-state index contributed by atoms with van der Waals surface area (Å²) in [6.45, 7) is 4.63. The Morgan fingerprint density at radius 2 is 1.38 bits per heavy atom. The molecule has 0 N–H and O–H groups in total. The number of hydrogen-bond acceptors (Lipinski definition) is 0. The second-order valence-electron chi connectivity index (χ2n) is 4.22. The maximum atomic E-state index is 2.54. The van der Waals surface area contributed by atoms with Gasteiger partial charge in [0.2, 0.25) is 0 Å². The molecule has 0 amide bonds. The van der Waals surface area contributed by atoms with Gasteiger partial charge in [-0.2, -0.15) is 0 Å². The van der Waals surface area contributed by atoms with Gasteiger partial charge in [-0.1, -0.05) is 0 Å².